The highest BCUT2D eigenvalue weighted by Gasteiger charge is 2.11. The Hall–Kier alpha value is -1.19. The lowest BCUT2D eigenvalue weighted by atomic mass is 10.4. The zero-order valence-corrected chi connectivity index (χ0v) is 5.62. The molecule has 0 unspecified atom stereocenters. The van der Waals surface area contributed by atoms with Gasteiger partial charge in [-0.05, 0) is 0 Å². The van der Waals surface area contributed by atoms with E-state index in [0.717, 1.165) is 0 Å². The number of hydrogen-bond donors (Lipinski definition) is 0. The molecule has 0 aliphatic carbocycles. The Bertz CT molecular complexity index is 161. The summed E-state index contributed by atoms with van der Waals surface area (Å²) in [6, 6.07) is 0. The van der Waals surface area contributed by atoms with E-state index in [1.807, 2.05) is 0 Å². The second kappa shape index (κ2) is 3.10. The van der Waals surface area contributed by atoms with Gasteiger partial charge in [0, 0.05) is 0 Å². The van der Waals surface area contributed by atoms with Gasteiger partial charge in [-0.2, -0.15) is 0 Å². The van der Waals surface area contributed by atoms with Crippen molar-refractivity contribution in [2.75, 3.05) is 13.9 Å². The second-order valence-electron chi connectivity index (χ2n) is 1.77. The molecule has 56 valence electrons. The predicted octanol–water partition coefficient (Wildman–Crippen LogP) is 0.395. The van der Waals surface area contributed by atoms with Crippen LogP contribution in [-0.4, -0.2) is 19.9 Å². The number of esters is 1. The lowest BCUT2D eigenvalue weighted by molar-refractivity contribution is -0.140. The summed E-state index contributed by atoms with van der Waals surface area (Å²) in [5.74, 6) is 0.198. The van der Waals surface area contributed by atoms with Crippen LogP contribution in [0.15, 0.2) is 12.0 Å². The molecule has 1 aliphatic rings. The number of rotatable bonds is 2. The van der Waals surface area contributed by atoms with Crippen LogP contribution in [0.4, 0.5) is 0 Å². The molecule has 0 amide bonds. The summed E-state index contributed by atoms with van der Waals surface area (Å²) in [4.78, 5) is 10.6. The summed E-state index contributed by atoms with van der Waals surface area (Å²) in [5.41, 5.74) is 0. The molecule has 0 aromatic heterocycles. The Morgan fingerprint density at radius 2 is 2.70 bits per heavy atom. The Kier molecular flexibility index (Phi) is 2.15. The van der Waals surface area contributed by atoms with Gasteiger partial charge in [0.15, 0.2) is 0 Å². The minimum atomic E-state index is -0.322. The molecule has 1 aliphatic heterocycles. The normalized spacial score (nSPS) is 15.1. The van der Waals surface area contributed by atoms with Gasteiger partial charge >= 0.3 is 5.97 Å². The second-order valence-corrected chi connectivity index (χ2v) is 1.77. The van der Waals surface area contributed by atoms with Crippen molar-refractivity contribution in [3.05, 3.63) is 12.0 Å². The fourth-order valence-corrected chi connectivity index (χ4v) is 0.578. The van der Waals surface area contributed by atoms with Gasteiger partial charge in [0.05, 0.1) is 7.11 Å². The van der Waals surface area contributed by atoms with Gasteiger partial charge in [0.2, 0.25) is 6.79 Å². The van der Waals surface area contributed by atoms with E-state index in [1.165, 1.54) is 13.4 Å². The van der Waals surface area contributed by atoms with Crippen LogP contribution in [0.3, 0.4) is 0 Å². The van der Waals surface area contributed by atoms with Crippen molar-refractivity contribution in [1.29, 1.82) is 0 Å². The lowest BCUT2D eigenvalue weighted by Crippen LogP contribution is -2.01. The van der Waals surface area contributed by atoms with E-state index in [1.54, 1.807) is 0 Å². The fourth-order valence-electron chi connectivity index (χ4n) is 0.578. The molecule has 0 aromatic carbocycles. The summed E-state index contributed by atoms with van der Waals surface area (Å²) in [5, 5.41) is 0. The molecule has 4 heteroatoms. The first-order chi connectivity index (χ1) is 4.83. The molecule has 4 nitrogen and oxygen atoms in total. The third kappa shape index (κ3) is 1.65. The zero-order valence-electron chi connectivity index (χ0n) is 5.62. The average molecular weight is 144 g/mol. The minimum Gasteiger partial charge on any atom is -0.469 e. The van der Waals surface area contributed by atoms with E-state index in [-0.39, 0.29) is 19.2 Å². The molecular weight excluding hydrogens is 136 g/mol. The highest BCUT2D eigenvalue weighted by Crippen LogP contribution is 2.10. The number of ether oxygens (including phenoxy) is 3. The molecule has 1 rings (SSSR count). The van der Waals surface area contributed by atoms with Crippen molar-refractivity contribution in [1.82, 2.24) is 0 Å². The summed E-state index contributed by atoms with van der Waals surface area (Å²) in [7, 11) is 1.33. The number of carbonyl (C=O) groups excluding carboxylic acids is 1. The Labute approximate surface area is 58.4 Å². The quantitative estimate of drug-likeness (QED) is 0.526. The standard InChI is InChI=1S/C6H8O4/c1-8-6(7)2-5-3-9-4-10-5/h3H,2,4H2,1H3. The van der Waals surface area contributed by atoms with Crippen molar-refractivity contribution >= 4 is 5.97 Å². The molecule has 0 spiro atoms. The van der Waals surface area contributed by atoms with Crippen LogP contribution in [0.5, 0.6) is 0 Å². The largest absolute Gasteiger partial charge is 0.469 e. The van der Waals surface area contributed by atoms with Crippen LogP contribution in [0.25, 0.3) is 0 Å². The monoisotopic (exact) mass is 144 g/mol. The maximum absolute atomic E-state index is 10.6. The van der Waals surface area contributed by atoms with Crippen LogP contribution < -0.4 is 0 Å². The van der Waals surface area contributed by atoms with Gasteiger partial charge in [-0.15, -0.1) is 0 Å². The van der Waals surface area contributed by atoms with E-state index in [9.17, 15) is 4.79 Å². The first kappa shape index (κ1) is 6.92. The van der Waals surface area contributed by atoms with Crippen molar-refractivity contribution in [2.45, 2.75) is 6.42 Å². The van der Waals surface area contributed by atoms with Gasteiger partial charge in [0.25, 0.3) is 0 Å². The van der Waals surface area contributed by atoms with E-state index in [0.29, 0.717) is 5.76 Å². The molecule has 1 heterocycles. The van der Waals surface area contributed by atoms with Gasteiger partial charge in [-0.3, -0.25) is 4.79 Å². The SMILES string of the molecule is COC(=O)CC1=COCO1. The Morgan fingerprint density at radius 1 is 1.90 bits per heavy atom. The predicted molar refractivity (Wildman–Crippen MR) is 31.8 cm³/mol. The number of methoxy groups -OCH3 is 1. The van der Waals surface area contributed by atoms with Gasteiger partial charge < -0.3 is 14.2 Å². The molecule has 10 heavy (non-hydrogen) atoms. The molecule has 0 radical (unpaired) electrons. The molecule has 0 bridgehead atoms. The lowest BCUT2D eigenvalue weighted by Gasteiger charge is -1.97. The van der Waals surface area contributed by atoms with Crippen molar-refractivity contribution in [3.63, 3.8) is 0 Å². The molecule has 0 N–H and O–H groups in total. The highest BCUT2D eigenvalue weighted by molar-refractivity contribution is 5.71. The van der Waals surface area contributed by atoms with Gasteiger partial charge in [-0.1, -0.05) is 0 Å². The van der Waals surface area contributed by atoms with Gasteiger partial charge in [0.1, 0.15) is 18.4 Å². The van der Waals surface area contributed by atoms with Gasteiger partial charge in [-0.25, -0.2) is 0 Å². The summed E-state index contributed by atoms with van der Waals surface area (Å²) in [6.07, 6.45) is 1.56. The highest BCUT2D eigenvalue weighted by atomic mass is 16.7. The molecule has 0 saturated heterocycles. The molecule has 0 aromatic rings. The van der Waals surface area contributed by atoms with Crippen LogP contribution in [0, 0.1) is 0 Å². The smallest absolute Gasteiger partial charge is 0.313 e. The molecule has 0 saturated carbocycles. The third-order valence-electron chi connectivity index (χ3n) is 1.07. The summed E-state index contributed by atoms with van der Waals surface area (Å²) in [6.45, 7) is 0.201. The number of hydrogen-bond acceptors (Lipinski definition) is 4. The van der Waals surface area contributed by atoms with Crippen LogP contribution >= 0.6 is 0 Å². The maximum Gasteiger partial charge on any atom is 0.313 e. The molecule has 0 atom stereocenters. The van der Waals surface area contributed by atoms with Crippen LogP contribution in [0.2, 0.25) is 0 Å². The van der Waals surface area contributed by atoms with E-state index in [4.69, 9.17) is 9.47 Å². The van der Waals surface area contributed by atoms with Crippen molar-refractivity contribution in [3.8, 4) is 0 Å². The average Bonchev–Trinajstić information content (AvgIpc) is 2.40. The topological polar surface area (TPSA) is 44.8 Å². The third-order valence-corrected chi connectivity index (χ3v) is 1.07. The summed E-state index contributed by atoms with van der Waals surface area (Å²) >= 11 is 0. The Balaban J connectivity index is 2.30. The Morgan fingerprint density at radius 3 is 3.20 bits per heavy atom. The van der Waals surface area contributed by atoms with Crippen molar-refractivity contribution in [2.24, 2.45) is 0 Å². The minimum absolute atomic E-state index is 0.149. The zero-order chi connectivity index (χ0) is 7.40. The van der Waals surface area contributed by atoms with E-state index >= 15 is 0 Å². The van der Waals surface area contributed by atoms with E-state index in [2.05, 4.69) is 4.74 Å². The van der Waals surface area contributed by atoms with E-state index < -0.39 is 0 Å². The van der Waals surface area contributed by atoms with Crippen molar-refractivity contribution < 1.29 is 19.0 Å². The fraction of sp³-hybridized carbons (Fsp3) is 0.500. The van der Waals surface area contributed by atoms with Crippen LogP contribution in [-0.2, 0) is 19.0 Å². The first-order valence-corrected chi connectivity index (χ1v) is 2.83. The summed E-state index contributed by atoms with van der Waals surface area (Å²) < 4.78 is 14.0. The molecule has 0 fully saturated rings. The molecular formula is C6H8O4. The maximum atomic E-state index is 10.6. The van der Waals surface area contributed by atoms with Crippen LogP contribution in [0.1, 0.15) is 6.42 Å². The first-order valence-electron chi connectivity index (χ1n) is 2.83. The number of carbonyl (C=O) groups is 1.